The van der Waals surface area contributed by atoms with Crippen LogP contribution in [0.15, 0.2) is 0 Å². The van der Waals surface area contributed by atoms with Crippen molar-refractivity contribution >= 4 is 35.6 Å². The molecule has 128 heavy (non-hydrogen) atoms. The molecule has 3 aliphatic heterocycles. The standard InChI is InChI=1S/C92H174N6O30/c1-3-5-7-9-11-13-15-17-19-21-23-25-27-29-31-36-55-119-68-71(120-56-37-32-30-28-26-24-22-20-18-16-14-12-10-8-6-4-2)69-124-92(116)95-52-61-118-63-62-117-60-48-77(104)97-72(45-41-51-96-128-78(105)47-35-40-59-123-91-87(114)84(111)81(108)75(67-101)127-91)88(115)98(54-43-50-94-76(103)46-34-39-58-122-90-86(113)83(110)80(107)74(66-100)126-90)53-42-49-93-64-70(102)44-33-38-57-121-89-85(112)82(109)79(106)73(65-99)125-89/h71-75,79-87,89-91,93,96,99-101,106-114H,3-69H2,1-2H3,(H,94,103)(H,95,116)(H,97,104)/t71?,72-,73?,74?,75?,79?,80?,81?,82?,83?,84?,85?,86?,87?,89?,90?,91?/m0/s1. The van der Waals surface area contributed by atoms with Crippen molar-refractivity contribution in [3.05, 3.63) is 0 Å². The molecule has 0 radical (unpaired) electrons. The number of hydrogen-bond donors (Lipinski definition) is 17. The number of aliphatic hydroxyl groups is 12. The number of aliphatic hydroxyl groups excluding tert-OH is 12. The second-order valence-electron chi connectivity index (χ2n) is 34.5. The summed E-state index contributed by atoms with van der Waals surface area (Å²) in [5.41, 5.74) is 2.62. The van der Waals surface area contributed by atoms with Crippen molar-refractivity contribution in [2.45, 2.75) is 413 Å². The van der Waals surface area contributed by atoms with Crippen LogP contribution in [0.4, 0.5) is 4.79 Å². The van der Waals surface area contributed by atoms with Crippen LogP contribution in [-0.4, -0.2) is 344 Å². The Balaban J connectivity index is 1.55. The van der Waals surface area contributed by atoms with Crippen LogP contribution in [0.25, 0.3) is 0 Å². The number of unbranched alkanes of at least 4 members (excludes halogenated alkanes) is 33. The minimum Gasteiger partial charge on any atom is -0.447 e. The maximum atomic E-state index is 14.8. The van der Waals surface area contributed by atoms with E-state index in [2.05, 4.69) is 40.6 Å². The number of amides is 4. The first-order chi connectivity index (χ1) is 62.2. The summed E-state index contributed by atoms with van der Waals surface area (Å²) < 4.78 is 62.2. The first-order valence-electron chi connectivity index (χ1n) is 49.2. The molecular formula is C92H174N6O30. The molecule has 0 spiro atoms. The zero-order valence-electron chi connectivity index (χ0n) is 77.9. The molecule has 36 heteroatoms. The number of alkyl carbamates (subject to hydrolysis) is 1. The SMILES string of the molecule is CCCCCCCCCCCCCCCCCCOCC(COC(=O)NCCOCCOCCC(=O)N[C@@H](CCCNOC(=O)CCCCOC1OC(CO)C(O)C(O)C1O)C(=O)N(CCCNCC(=O)CCCCOC1OC(CO)C(O)C(O)C1O)CCCNC(=O)CCCCOC1OC(CO)C(O)C(O)C1O)OCCCCCCCCCCCCCCCCCC. The van der Waals surface area contributed by atoms with Gasteiger partial charge in [0.1, 0.15) is 97.8 Å². The van der Waals surface area contributed by atoms with Gasteiger partial charge in [-0.15, -0.1) is 0 Å². The van der Waals surface area contributed by atoms with Crippen molar-refractivity contribution in [3.63, 3.8) is 0 Å². The molecule has 36 nitrogen and oxygen atoms in total. The molecule has 0 aliphatic carbocycles. The van der Waals surface area contributed by atoms with Crippen LogP contribution < -0.4 is 26.7 Å². The normalized spacial score (nSPS) is 22.9. The Morgan fingerprint density at radius 1 is 0.359 bits per heavy atom. The Morgan fingerprint density at radius 3 is 1.23 bits per heavy atom. The van der Waals surface area contributed by atoms with Crippen LogP contribution in [-0.2, 0) is 80.9 Å². The van der Waals surface area contributed by atoms with E-state index in [4.69, 9.17) is 56.9 Å². The predicted molar refractivity (Wildman–Crippen MR) is 478 cm³/mol. The second kappa shape index (κ2) is 79.1. The fourth-order valence-electron chi connectivity index (χ4n) is 15.3. The number of hydrogen-bond acceptors (Lipinski definition) is 32. The number of carbonyl (C=O) groups is 6. The number of ketones is 1. The average Bonchev–Trinajstić information content (AvgIpc) is 0.832. The fraction of sp³-hybridized carbons (Fsp3) is 0.935. The third-order valence-electron chi connectivity index (χ3n) is 23.3. The first-order valence-corrected chi connectivity index (χ1v) is 49.2. The number of nitrogens with zero attached hydrogens (tertiary/aromatic N) is 1. The molecule has 0 aromatic carbocycles. The summed E-state index contributed by atoms with van der Waals surface area (Å²) in [6.07, 6.45) is 21.7. The van der Waals surface area contributed by atoms with Crippen LogP contribution in [0.3, 0.4) is 0 Å². The van der Waals surface area contributed by atoms with Gasteiger partial charge in [-0.1, -0.05) is 206 Å². The molecule has 0 saturated carbocycles. The molecule has 16 unspecified atom stereocenters. The summed E-state index contributed by atoms with van der Waals surface area (Å²) in [5, 5.41) is 132. The van der Waals surface area contributed by atoms with E-state index in [0.717, 1.165) is 25.7 Å². The van der Waals surface area contributed by atoms with E-state index in [1.165, 1.54) is 180 Å². The maximum Gasteiger partial charge on any atom is 0.407 e. The topological polar surface area (TPSA) is 519 Å². The van der Waals surface area contributed by atoms with Crippen LogP contribution in [0, 0.1) is 0 Å². The smallest absolute Gasteiger partial charge is 0.407 e. The van der Waals surface area contributed by atoms with Crippen LogP contribution in [0.2, 0.25) is 0 Å². The van der Waals surface area contributed by atoms with E-state index in [9.17, 15) is 90.0 Å². The molecular weight excluding hydrogens is 1670 g/mol. The molecule has 17 atom stereocenters. The Hall–Kier alpha value is -4.14. The molecule has 0 aromatic heterocycles. The van der Waals surface area contributed by atoms with Gasteiger partial charge in [0.15, 0.2) is 18.9 Å². The van der Waals surface area contributed by atoms with E-state index >= 15 is 0 Å². The lowest BCUT2D eigenvalue weighted by Gasteiger charge is -2.39. The Bertz CT molecular complexity index is 2690. The quantitative estimate of drug-likeness (QED) is 0.0237. The van der Waals surface area contributed by atoms with Gasteiger partial charge in [0.2, 0.25) is 17.7 Å². The largest absolute Gasteiger partial charge is 0.447 e. The predicted octanol–water partition coefficient (Wildman–Crippen LogP) is 6.22. The van der Waals surface area contributed by atoms with E-state index in [-0.39, 0.29) is 155 Å². The van der Waals surface area contributed by atoms with Crippen molar-refractivity contribution in [1.82, 2.24) is 31.6 Å². The average molecular weight is 1840 g/mol. The van der Waals surface area contributed by atoms with E-state index in [0.29, 0.717) is 64.9 Å². The monoisotopic (exact) mass is 1840 g/mol. The van der Waals surface area contributed by atoms with Gasteiger partial charge >= 0.3 is 12.1 Å². The van der Waals surface area contributed by atoms with Gasteiger partial charge in [-0.3, -0.25) is 24.0 Å². The number of Topliss-reactive ketones (excluding diaryl/α,β-unsaturated/α-hetero) is 1. The molecule has 3 saturated heterocycles. The lowest BCUT2D eigenvalue weighted by molar-refractivity contribution is -0.301. The van der Waals surface area contributed by atoms with Gasteiger partial charge in [0.05, 0.1) is 59.4 Å². The number of nitrogens with one attached hydrogen (secondary N) is 5. The zero-order chi connectivity index (χ0) is 93.3. The van der Waals surface area contributed by atoms with Crippen molar-refractivity contribution in [2.75, 3.05) is 138 Å². The van der Waals surface area contributed by atoms with Crippen LogP contribution >= 0.6 is 0 Å². The van der Waals surface area contributed by atoms with E-state index in [1.54, 1.807) is 4.90 Å². The van der Waals surface area contributed by atoms with Crippen molar-refractivity contribution in [1.29, 1.82) is 0 Å². The van der Waals surface area contributed by atoms with Gasteiger partial charge in [-0.2, -0.15) is 5.48 Å². The summed E-state index contributed by atoms with van der Waals surface area (Å²) in [7, 11) is 0. The van der Waals surface area contributed by atoms with Gasteiger partial charge in [0.25, 0.3) is 0 Å². The van der Waals surface area contributed by atoms with E-state index in [1.807, 2.05) is 0 Å². The molecule has 17 N–H and O–H groups in total. The minimum atomic E-state index is -1.61. The molecule has 752 valence electrons. The first kappa shape index (κ1) is 118. The zero-order valence-corrected chi connectivity index (χ0v) is 77.9. The summed E-state index contributed by atoms with van der Waals surface area (Å²) >= 11 is 0. The summed E-state index contributed by atoms with van der Waals surface area (Å²) in [6, 6.07) is -1.11. The van der Waals surface area contributed by atoms with Crippen LogP contribution in [0.1, 0.15) is 309 Å². The lowest BCUT2D eigenvalue weighted by atomic mass is 9.99. The third-order valence-corrected chi connectivity index (χ3v) is 23.3. The third kappa shape index (κ3) is 56.9. The van der Waals surface area contributed by atoms with Gasteiger partial charge in [-0.05, 0) is 83.6 Å². The number of hydroxylamine groups is 1. The van der Waals surface area contributed by atoms with E-state index < -0.39 is 148 Å². The van der Waals surface area contributed by atoms with Gasteiger partial charge < -0.3 is 144 Å². The highest BCUT2D eigenvalue weighted by Gasteiger charge is 2.46. The highest BCUT2D eigenvalue weighted by Crippen LogP contribution is 2.27. The highest BCUT2D eigenvalue weighted by atomic mass is 16.7. The molecule has 3 aliphatic rings. The molecule has 3 heterocycles. The lowest BCUT2D eigenvalue weighted by Crippen LogP contribution is -2.59. The van der Waals surface area contributed by atoms with Crippen molar-refractivity contribution in [3.8, 4) is 0 Å². The molecule has 0 bridgehead atoms. The molecule has 3 fully saturated rings. The van der Waals surface area contributed by atoms with Crippen LogP contribution in [0.5, 0.6) is 0 Å². The number of rotatable bonds is 86. The highest BCUT2D eigenvalue weighted by molar-refractivity contribution is 5.87. The number of carbonyl (C=O) groups excluding carboxylic acids is 6. The summed E-state index contributed by atoms with van der Waals surface area (Å²) in [6.45, 7) is 5.57. The summed E-state index contributed by atoms with van der Waals surface area (Å²) in [4.78, 5) is 87.1. The molecule has 0 aromatic rings. The van der Waals surface area contributed by atoms with Crippen molar-refractivity contribution in [2.24, 2.45) is 0 Å². The van der Waals surface area contributed by atoms with Gasteiger partial charge in [-0.25, -0.2) is 4.79 Å². The molecule has 4 amide bonds. The Morgan fingerprint density at radius 2 is 0.773 bits per heavy atom. The number of ether oxygens (including phenoxy) is 11. The Labute approximate surface area is 762 Å². The minimum absolute atomic E-state index is 0.00147. The van der Waals surface area contributed by atoms with Crippen molar-refractivity contribution < 1.29 is 147 Å². The Kier molecular flexibility index (Phi) is 72.9. The molecule has 3 rings (SSSR count). The summed E-state index contributed by atoms with van der Waals surface area (Å²) in [5.74, 6) is -2.01. The second-order valence-corrected chi connectivity index (χ2v) is 34.5. The van der Waals surface area contributed by atoms with Gasteiger partial charge in [0, 0.05) is 91.4 Å². The maximum absolute atomic E-state index is 14.8. The fourth-order valence-corrected chi connectivity index (χ4v) is 15.3.